The summed E-state index contributed by atoms with van der Waals surface area (Å²) in [5.41, 5.74) is 1.65. The third-order valence-corrected chi connectivity index (χ3v) is 9.11. The zero-order valence-electron chi connectivity index (χ0n) is 22.4. The van der Waals surface area contributed by atoms with Crippen LogP contribution in [-0.2, 0) is 16.8 Å². The maximum absolute atomic E-state index is 13.8. The Labute approximate surface area is 220 Å². The largest absolute Gasteiger partial charge is 0.493 e. The quantitative estimate of drug-likeness (QED) is 0.514. The van der Waals surface area contributed by atoms with Crippen molar-refractivity contribution in [2.45, 2.75) is 62.4 Å². The molecule has 1 spiro atoms. The van der Waals surface area contributed by atoms with Crippen LogP contribution in [0.15, 0.2) is 42.9 Å². The van der Waals surface area contributed by atoms with Crippen LogP contribution in [0.4, 0.5) is 4.79 Å². The van der Waals surface area contributed by atoms with E-state index in [0.717, 1.165) is 32.2 Å². The van der Waals surface area contributed by atoms with Gasteiger partial charge in [0.05, 0.1) is 37.5 Å². The summed E-state index contributed by atoms with van der Waals surface area (Å²) in [5, 5.41) is 0. The van der Waals surface area contributed by atoms with Crippen LogP contribution >= 0.6 is 0 Å². The molecule has 1 aromatic carbocycles. The van der Waals surface area contributed by atoms with Gasteiger partial charge in [-0.25, -0.2) is 14.8 Å². The van der Waals surface area contributed by atoms with E-state index in [-0.39, 0.29) is 35.9 Å². The second-order valence-corrected chi connectivity index (χ2v) is 11.3. The maximum Gasteiger partial charge on any atom is 0.321 e. The zero-order valence-corrected chi connectivity index (χ0v) is 22.4. The molecule has 37 heavy (non-hydrogen) atoms. The summed E-state index contributed by atoms with van der Waals surface area (Å²) in [6, 6.07) is 10.8. The van der Waals surface area contributed by atoms with Crippen LogP contribution < -0.4 is 4.74 Å². The van der Waals surface area contributed by atoms with Crippen molar-refractivity contribution < 1.29 is 14.3 Å². The normalized spacial score (nSPS) is 26.1. The number of urea groups is 1. The van der Waals surface area contributed by atoms with Crippen LogP contribution in [0.3, 0.4) is 0 Å². The van der Waals surface area contributed by atoms with E-state index in [2.05, 4.69) is 64.2 Å². The van der Waals surface area contributed by atoms with E-state index in [0.29, 0.717) is 23.9 Å². The van der Waals surface area contributed by atoms with Crippen LogP contribution in [0.25, 0.3) is 0 Å². The lowest BCUT2D eigenvalue weighted by Gasteiger charge is -2.51. The molecule has 2 saturated carbocycles. The SMILES string of the molecule is COc1cncnc1CC(=O)CN1CC2(CCC(c3ccccc3)(N(C)C)CC2)N(CC2CCC2)C1=O. The van der Waals surface area contributed by atoms with E-state index >= 15 is 0 Å². The lowest BCUT2D eigenvalue weighted by molar-refractivity contribution is -0.119. The van der Waals surface area contributed by atoms with Crippen LogP contribution in [0.1, 0.15) is 56.2 Å². The highest BCUT2D eigenvalue weighted by Gasteiger charge is 2.55. The maximum atomic E-state index is 13.8. The van der Waals surface area contributed by atoms with Crippen molar-refractivity contribution in [3.05, 3.63) is 54.1 Å². The van der Waals surface area contributed by atoms with Gasteiger partial charge < -0.3 is 14.5 Å². The number of hydrogen-bond donors (Lipinski definition) is 0. The van der Waals surface area contributed by atoms with Gasteiger partial charge in [0.2, 0.25) is 0 Å². The summed E-state index contributed by atoms with van der Waals surface area (Å²) in [7, 11) is 5.89. The summed E-state index contributed by atoms with van der Waals surface area (Å²) in [5.74, 6) is 1.05. The molecular weight excluding hydrogens is 466 g/mol. The summed E-state index contributed by atoms with van der Waals surface area (Å²) in [6.07, 6.45) is 10.6. The molecule has 198 valence electrons. The molecule has 8 nitrogen and oxygen atoms in total. The molecule has 1 saturated heterocycles. The number of benzene rings is 1. The highest BCUT2D eigenvalue weighted by molar-refractivity contribution is 5.88. The third kappa shape index (κ3) is 4.83. The predicted molar refractivity (Wildman–Crippen MR) is 141 cm³/mol. The number of carbonyl (C=O) groups excluding carboxylic acids is 2. The predicted octanol–water partition coefficient (Wildman–Crippen LogP) is 3.90. The fraction of sp³-hybridized carbons (Fsp3) is 0.586. The van der Waals surface area contributed by atoms with Crippen molar-refractivity contribution in [2.24, 2.45) is 5.92 Å². The van der Waals surface area contributed by atoms with Gasteiger partial charge in [-0.3, -0.25) is 9.69 Å². The molecule has 0 unspecified atom stereocenters. The first-order chi connectivity index (χ1) is 17.9. The molecule has 0 bridgehead atoms. The first kappa shape index (κ1) is 25.6. The van der Waals surface area contributed by atoms with E-state index in [1.54, 1.807) is 18.2 Å². The Balaban J connectivity index is 1.34. The minimum absolute atomic E-state index is 0.0203. The van der Waals surface area contributed by atoms with Gasteiger partial charge in [0.1, 0.15) is 6.33 Å². The van der Waals surface area contributed by atoms with Gasteiger partial charge in [-0.2, -0.15) is 0 Å². The summed E-state index contributed by atoms with van der Waals surface area (Å²) in [6.45, 7) is 1.53. The fourth-order valence-electron chi connectivity index (χ4n) is 6.61. The summed E-state index contributed by atoms with van der Waals surface area (Å²) >= 11 is 0. The number of nitrogens with zero attached hydrogens (tertiary/aromatic N) is 5. The van der Waals surface area contributed by atoms with Gasteiger partial charge >= 0.3 is 6.03 Å². The van der Waals surface area contributed by atoms with Gasteiger partial charge in [-0.05, 0) is 64.1 Å². The number of hydrogen-bond acceptors (Lipinski definition) is 6. The molecule has 2 heterocycles. The van der Waals surface area contributed by atoms with Crippen LogP contribution in [0, 0.1) is 5.92 Å². The number of ketones is 1. The molecule has 2 amide bonds. The molecule has 5 rings (SSSR count). The molecule has 0 radical (unpaired) electrons. The molecule has 3 fully saturated rings. The Morgan fingerprint density at radius 1 is 1.14 bits per heavy atom. The van der Waals surface area contributed by atoms with Crippen LogP contribution in [0.5, 0.6) is 5.75 Å². The van der Waals surface area contributed by atoms with Crippen molar-refractivity contribution >= 4 is 11.8 Å². The Morgan fingerprint density at radius 3 is 2.49 bits per heavy atom. The molecule has 1 aromatic heterocycles. The van der Waals surface area contributed by atoms with Gasteiger partial charge in [-0.1, -0.05) is 36.8 Å². The lowest BCUT2D eigenvalue weighted by atomic mass is 9.68. The topological polar surface area (TPSA) is 78.9 Å². The van der Waals surface area contributed by atoms with E-state index in [1.165, 1.54) is 31.2 Å². The van der Waals surface area contributed by atoms with Gasteiger partial charge in [0.15, 0.2) is 11.5 Å². The number of carbonyl (C=O) groups is 2. The minimum Gasteiger partial charge on any atom is -0.493 e. The second kappa shape index (κ2) is 10.4. The second-order valence-electron chi connectivity index (χ2n) is 11.3. The number of rotatable bonds is 9. The first-order valence-electron chi connectivity index (χ1n) is 13.5. The standard InChI is InChI=1S/C29H39N5O3/c1-32(2)29(23-10-5-4-6-11-23)14-12-28(13-15-29)20-33(27(36)34(28)18-22-8-7-9-22)19-24(35)16-25-26(37-3)17-30-21-31-25/h4-6,10-11,17,21-22H,7-9,12-16,18-20H2,1-3H3. The van der Waals surface area contributed by atoms with E-state index in [9.17, 15) is 9.59 Å². The van der Waals surface area contributed by atoms with Crippen molar-refractivity contribution in [2.75, 3.05) is 40.8 Å². The monoisotopic (exact) mass is 505 g/mol. The van der Waals surface area contributed by atoms with Crippen LogP contribution in [0.2, 0.25) is 0 Å². The number of amides is 2. The molecule has 3 aliphatic rings. The lowest BCUT2D eigenvalue weighted by Crippen LogP contribution is -2.56. The average Bonchev–Trinajstić information content (AvgIpc) is 3.12. The van der Waals surface area contributed by atoms with Gasteiger partial charge in [-0.15, -0.1) is 0 Å². The first-order valence-corrected chi connectivity index (χ1v) is 13.5. The average molecular weight is 506 g/mol. The van der Waals surface area contributed by atoms with Crippen molar-refractivity contribution in [1.82, 2.24) is 24.7 Å². The molecule has 8 heteroatoms. The van der Waals surface area contributed by atoms with Crippen molar-refractivity contribution in [3.8, 4) is 5.75 Å². The fourth-order valence-corrected chi connectivity index (χ4v) is 6.61. The molecule has 0 N–H and O–H groups in total. The van der Waals surface area contributed by atoms with Crippen molar-refractivity contribution in [1.29, 1.82) is 0 Å². The van der Waals surface area contributed by atoms with Crippen molar-refractivity contribution in [3.63, 3.8) is 0 Å². The van der Waals surface area contributed by atoms with E-state index in [1.807, 2.05) is 0 Å². The molecule has 2 aromatic rings. The molecule has 1 aliphatic heterocycles. The minimum atomic E-state index is -0.214. The van der Waals surface area contributed by atoms with E-state index in [4.69, 9.17) is 4.74 Å². The Kier molecular flexibility index (Phi) is 7.21. The van der Waals surface area contributed by atoms with E-state index < -0.39 is 0 Å². The third-order valence-electron chi connectivity index (χ3n) is 9.11. The van der Waals surface area contributed by atoms with Gasteiger partial charge in [0, 0.05) is 18.6 Å². The number of methoxy groups -OCH3 is 1. The molecule has 0 atom stereocenters. The van der Waals surface area contributed by atoms with Gasteiger partial charge in [0.25, 0.3) is 0 Å². The van der Waals surface area contributed by atoms with Crippen LogP contribution in [-0.4, -0.2) is 82.9 Å². The number of Topliss-reactive ketones (excluding diaryl/α,β-unsaturated/α-hetero) is 1. The number of ether oxygens (including phenoxy) is 1. The summed E-state index contributed by atoms with van der Waals surface area (Å²) < 4.78 is 5.31. The highest BCUT2D eigenvalue weighted by Crippen LogP contribution is 2.49. The Bertz CT molecular complexity index is 1110. The molecular formula is C29H39N5O3. The smallest absolute Gasteiger partial charge is 0.321 e. The summed E-state index contributed by atoms with van der Waals surface area (Å²) in [4.78, 5) is 41.4. The highest BCUT2D eigenvalue weighted by atomic mass is 16.5. The Morgan fingerprint density at radius 2 is 1.86 bits per heavy atom. The number of aromatic nitrogens is 2. The molecule has 2 aliphatic carbocycles. The zero-order chi connectivity index (χ0) is 26.0. The Hall–Kier alpha value is -3.00.